The van der Waals surface area contributed by atoms with Crippen LogP contribution in [0.15, 0.2) is 12.1 Å². The molecule has 1 aromatic rings. The minimum absolute atomic E-state index is 0.0262. The molecule has 1 rings (SSSR count). The lowest BCUT2D eigenvalue weighted by Crippen LogP contribution is -2.15. The van der Waals surface area contributed by atoms with Crippen molar-refractivity contribution in [1.82, 2.24) is 0 Å². The van der Waals surface area contributed by atoms with Crippen LogP contribution in [-0.4, -0.2) is 57.5 Å². The molecule has 0 radical (unpaired) electrons. The van der Waals surface area contributed by atoms with E-state index in [2.05, 4.69) is 0 Å². The summed E-state index contributed by atoms with van der Waals surface area (Å²) >= 11 is 0. The van der Waals surface area contributed by atoms with Gasteiger partial charge in [-0.1, -0.05) is 0 Å². The molecule has 0 unspecified atom stereocenters. The average molecular weight is 342 g/mol. The molecule has 0 fully saturated rings. The SMILES string of the molecule is O=C(O)COc1cc(CC(=O)O)c(OCC(=O)O)cc1CC(=O)O. The number of carboxylic acids is 4. The normalized spacial score (nSPS) is 10.0. The summed E-state index contributed by atoms with van der Waals surface area (Å²) in [5.41, 5.74) is 0.0524. The largest absolute Gasteiger partial charge is 0.482 e. The predicted molar refractivity (Wildman–Crippen MR) is 75.4 cm³/mol. The molecule has 0 aromatic heterocycles. The van der Waals surface area contributed by atoms with E-state index >= 15 is 0 Å². The fourth-order valence-corrected chi connectivity index (χ4v) is 1.79. The molecule has 24 heavy (non-hydrogen) atoms. The average Bonchev–Trinajstić information content (AvgIpc) is 2.44. The molecule has 0 heterocycles. The standard InChI is InChI=1S/C14H14O10/c15-11(16)3-7-1-9(23-5-13(19)20)8(4-12(17)18)2-10(7)24-6-14(21)22/h1-2H,3-6H2,(H,15,16)(H,17,18)(H,19,20)(H,21,22). The third-order valence-electron chi connectivity index (χ3n) is 2.63. The Hall–Kier alpha value is -3.30. The van der Waals surface area contributed by atoms with Crippen molar-refractivity contribution < 1.29 is 49.1 Å². The van der Waals surface area contributed by atoms with Crippen molar-refractivity contribution in [3.63, 3.8) is 0 Å². The molecule has 10 nitrogen and oxygen atoms in total. The van der Waals surface area contributed by atoms with Gasteiger partial charge in [0.2, 0.25) is 0 Å². The second-order valence-corrected chi connectivity index (χ2v) is 4.57. The first kappa shape index (κ1) is 18.7. The van der Waals surface area contributed by atoms with Gasteiger partial charge in [0, 0.05) is 11.1 Å². The Morgan fingerprint density at radius 3 is 1.25 bits per heavy atom. The lowest BCUT2D eigenvalue weighted by Gasteiger charge is -2.15. The zero-order chi connectivity index (χ0) is 18.3. The molecule has 0 aliphatic carbocycles. The van der Waals surface area contributed by atoms with Gasteiger partial charge in [0.1, 0.15) is 11.5 Å². The Balaban J connectivity index is 3.27. The molecule has 4 N–H and O–H groups in total. The lowest BCUT2D eigenvalue weighted by atomic mass is 10.0. The molecular formula is C14H14O10. The van der Waals surface area contributed by atoms with Crippen LogP contribution in [0.3, 0.4) is 0 Å². The quantitative estimate of drug-likeness (QED) is 0.449. The molecule has 0 bridgehead atoms. The number of ether oxygens (including phenoxy) is 2. The summed E-state index contributed by atoms with van der Waals surface area (Å²) in [5.74, 6) is -5.35. The highest BCUT2D eigenvalue weighted by Gasteiger charge is 2.18. The van der Waals surface area contributed by atoms with Gasteiger partial charge < -0.3 is 29.9 Å². The predicted octanol–water partition coefficient (Wildman–Crippen LogP) is -0.132. The van der Waals surface area contributed by atoms with E-state index in [4.69, 9.17) is 29.9 Å². The van der Waals surface area contributed by atoms with Crippen molar-refractivity contribution >= 4 is 23.9 Å². The van der Waals surface area contributed by atoms with E-state index in [1.807, 2.05) is 0 Å². The Morgan fingerprint density at radius 2 is 1.00 bits per heavy atom. The summed E-state index contributed by atoms with van der Waals surface area (Å²) < 4.78 is 9.95. The molecular weight excluding hydrogens is 328 g/mol. The summed E-state index contributed by atoms with van der Waals surface area (Å²) in [6.45, 7) is -1.51. The third-order valence-corrected chi connectivity index (χ3v) is 2.63. The summed E-state index contributed by atoms with van der Waals surface area (Å²) in [7, 11) is 0. The van der Waals surface area contributed by atoms with Gasteiger partial charge in [0.15, 0.2) is 13.2 Å². The lowest BCUT2D eigenvalue weighted by molar-refractivity contribution is -0.140. The number of carboxylic acid groups (broad SMARTS) is 4. The number of carbonyl (C=O) groups is 4. The second-order valence-electron chi connectivity index (χ2n) is 4.57. The van der Waals surface area contributed by atoms with Crippen molar-refractivity contribution in [3.05, 3.63) is 23.3 Å². The molecule has 130 valence electrons. The fraction of sp³-hybridized carbons (Fsp3) is 0.286. The third kappa shape index (κ3) is 6.22. The number of benzene rings is 1. The Labute approximate surface area is 134 Å². The van der Waals surface area contributed by atoms with Gasteiger partial charge in [-0.05, 0) is 12.1 Å². The first-order valence-electron chi connectivity index (χ1n) is 6.47. The van der Waals surface area contributed by atoms with E-state index in [1.54, 1.807) is 0 Å². The van der Waals surface area contributed by atoms with E-state index in [0.717, 1.165) is 12.1 Å². The summed E-state index contributed by atoms with van der Waals surface area (Å²) in [6.07, 6.45) is -1.10. The summed E-state index contributed by atoms with van der Waals surface area (Å²) in [4.78, 5) is 43.0. The maximum absolute atomic E-state index is 10.9. The highest BCUT2D eigenvalue weighted by atomic mass is 16.5. The highest BCUT2D eigenvalue weighted by molar-refractivity contribution is 5.75. The van der Waals surface area contributed by atoms with E-state index < -0.39 is 49.9 Å². The number of hydrogen-bond donors (Lipinski definition) is 4. The van der Waals surface area contributed by atoms with Crippen LogP contribution in [0.25, 0.3) is 0 Å². The van der Waals surface area contributed by atoms with Gasteiger partial charge in [0.25, 0.3) is 0 Å². The van der Waals surface area contributed by atoms with Crippen molar-refractivity contribution in [2.24, 2.45) is 0 Å². The van der Waals surface area contributed by atoms with Gasteiger partial charge in [-0.2, -0.15) is 0 Å². The number of aliphatic carboxylic acids is 4. The van der Waals surface area contributed by atoms with Crippen molar-refractivity contribution in [1.29, 1.82) is 0 Å². The second kappa shape index (κ2) is 8.36. The number of rotatable bonds is 10. The van der Waals surface area contributed by atoms with Crippen LogP contribution in [0, 0.1) is 0 Å². The minimum Gasteiger partial charge on any atom is -0.482 e. The molecule has 0 aliphatic rings. The van der Waals surface area contributed by atoms with Crippen LogP contribution in [0.5, 0.6) is 11.5 Å². The zero-order valence-electron chi connectivity index (χ0n) is 12.2. The van der Waals surface area contributed by atoms with E-state index in [9.17, 15) is 19.2 Å². The fourth-order valence-electron chi connectivity index (χ4n) is 1.79. The van der Waals surface area contributed by atoms with Crippen molar-refractivity contribution in [3.8, 4) is 11.5 Å². The molecule has 0 saturated heterocycles. The van der Waals surface area contributed by atoms with Gasteiger partial charge in [0.05, 0.1) is 12.8 Å². The molecule has 10 heteroatoms. The molecule has 0 amide bonds. The Morgan fingerprint density at radius 1 is 0.667 bits per heavy atom. The van der Waals surface area contributed by atoms with Crippen LogP contribution in [0.2, 0.25) is 0 Å². The summed E-state index contributed by atoms with van der Waals surface area (Å²) in [5, 5.41) is 35.1. The van der Waals surface area contributed by atoms with Gasteiger partial charge >= 0.3 is 23.9 Å². The van der Waals surface area contributed by atoms with Crippen molar-refractivity contribution in [2.45, 2.75) is 12.8 Å². The Bertz CT molecular complexity index is 606. The van der Waals surface area contributed by atoms with Crippen LogP contribution < -0.4 is 9.47 Å². The molecule has 0 saturated carbocycles. The topological polar surface area (TPSA) is 168 Å². The maximum Gasteiger partial charge on any atom is 0.341 e. The highest BCUT2D eigenvalue weighted by Crippen LogP contribution is 2.30. The van der Waals surface area contributed by atoms with Gasteiger partial charge in [-0.3, -0.25) is 9.59 Å². The van der Waals surface area contributed by atoms with E-state index in [1.165, 1.54) is 0 Å². The molecule has 1 aromatic carbocycles. The molecule has 0 atom stereocenters. The van der Waals surface area contributed by atoms with E-state index in [0.29, 0.717) is 0 Å². The summed E-state index contributed by atoms with van der Waals surface area (Å²) in [6, 6.07) is 2.26. The maximum atomic E-state index is 10.9. The smallest absolute Gasteiger partial charge is 0.341 e. The van der Waals surface area contributed by atoms with Crippen LogP contribution in [0.1, 0.15) is 11.1 Å². The zero-order valence-corrected chi connectivity index (χ0v) is 12.2. The van der Waals surface area contributed by atoms with E-state index in [-0.39, 0.29) is 22.6 Å². The van der Waals surface area contributed by atoms with Crippen LogP contribution in [0.4, 0.5) is 0 Å². The molecule has 0 aliphatic heterocycles. The van der Waals surface area contributed by atoms with Gasteiger partial charge in [-0.25, -0.2) is 9.59 Å². The number of hydrogen-bond acceptors (Lipinski definition) is 6. The molecule has 0 spiro atoms. The monoisotopic (exact) mass is 342 g/mol. The minimum atomic E-state index is -1.30. The first-order chi connectivity index (χ1) is 11.2. The van der Waals surface area contributed by atoms with Crippen molar-refractivity contribution in [2.75, 3.05) is 13.2 Å². The van der Waals surface area contributed by atoms with Crippen LogP contribution in [-0.2, 0) is 32.0 Å². The van der Waals surface area contributed by atoms with Gasteiger partial charge in [-0.15, -0.1) is 0 Å². The van der Waals surface area contributed by atoms with Crippen LogP contribution >= 0.6 is 0 Å². The Kier molecular flexibility index (Phi) is 6.53. The first-order valence-corrected chi connectivity index (χ1v) is 6.47.